The Balaban J connectivity index is 1.83. The summed E-state index contributed by atoms with van der Waals surface area (Å²) in [6.45, 7) is 4.28. The highest BCUT2D eigenvalue weighted by atomic mass is 19.4. The van der Waals surface area contributed by atoms with Crippen LogP contribution in [0.4, 0.5) is 13.2 Å². The lowest BCUT2D eigenvalue weighted by Crippen LogP contribution is -2.32. The second-order valence-electron chi connectivity index (χ2n) is 7.15. The molecular weight excluding hydrogens is 395 g/mol. The summed E-state index contributed by atoms with van der Waals surface area (Å²) in [5, 5.41) is 5.52. The largest absolute Gasteiger partial charge is 0.416 e. The summed E-state index contributed by atoms with van der Waals surface area (Å²) in [6, 6.07) is 11.3. The topological polar surface area (TPSA) is 55.2 Å². The molecule has 0 spiro atoms. The highest BCUT2D eigenvalue weighted by Crippen LogP contribution is 2.32. The molecule has 4 rings (SSSR count). The molecule has 0 bridgehead atoms. The molecule has 1 fully saturated rings. The number of benzene rings is 2. The zero-order valence-corrected chi connectivity index (χ0v) is 15.9. The van der Waals surface area contributed by atoms with Gasteiger partial charge in [0.25, 0.3) is 5.56 Å². The van der Waals surface area contributed by atoms with Crippen molar-refractivity contribution in [1.82, 2.24) is 14.7 Å². The summed E-state index contributed by atoms with van der Waals surface area (Å²) in [5.41, 5.74) is -0.144. The molecule has 3 aromatic rings. The Bertz CT molecular complexity index is 1180. The first-order valence-corrected chi connectivity index (χ1v) is 9.40. The number of carbonyl (C=O) groups excluding carboxylic acids is 1. The van der Waals surface area contributed by atoms with Crippen LogP contribution in [0.1, 0.15) is 18.0 Å². The van der Waals surface area contributed by atoms with Crippen molar-refractivity contribution in [3.63, 3.8) is 0 Å². The van der Waals surface area contributed by atoms with Crippen molar-refractivity contribution in [2.45, 2.75) is 18.6 Å². The lowest BCUT2D eigenvalue weighted by atomic mass is 10.0. The molecule has 1 aromatic heterocycles. The van der Waals surface area contributed by atoms with Gasteiger partial charge in [-0.25, -0.2) is 4.68 Å². The lowest BCUT2D eigenvalue weighted by molar-refractivity contribution is -0.137. The van der Waals surface area contributed by atoms with E-state index in [0.29, 0.717) is 41.5 Å². The van der Waals surface area contributed by atoms with Gasteiger partial charge in [0.15, 0.2) is 0 Å². The fraction of sp³-hybridized carbons (Fsp3) is 0.227. The molecule has 0 radical (unpaired) electrons. The molecule has 2 aromatic carbocycles. The first kappa shape index (κ1) is 19.9. The predicted molar refractivity (Wildman–Crippen MR) is 107 cm³/mol. The highest BCUT2D eigenvalue weighted by Gasteiger charge is 2.31. The standard InChI is InChI=1S/C22H18F3N3O2/c1-2-19(29)27-12-11-16(13-27)28-21(30)18-6-4-3-5-17(18)20(26-28)14-7-9-15(10-8-14)22(23,24)25/h2-10,16H,1,11-13H2. The number of hydrogen-bond acceptors (Lipinski definition) is 3. The van der Waals surface area contributed by atoms with Crippen molar-refractivity contribution in [1.29, 1.82) is 0 Å². The van der Waals surface area contributed by atoms with Gasteiger partial charge in [-0.1, -0.05) is 36.9 Å². The Hall–Kier alpha value is -3.42. The number of halogens is 3. The SMILES string of the molecule is C=CC(=O)N1CCC(n2nc(-c3ccc(C(F)(F)F)cc3)c3ccccc3c2=O)C1. The Morgan fingerprint density at radius 3 is 2.40 bits per heavy atom. The van der Waals surface area contributed by atoms with Crippen LogP contribution in [-0.2, 0) is 11.0 Å². The smallest absolute Gasteiger partial charge is 0.337 e. The van der Waals surface area contributed by atoms with Gasteiger partial charge in [0.05, 0.1) is 22.7 Å². The van der Waals surface area contributed by atoms with Gasteiger partial charge >= 0.3 is 6.18 Å². The third-order valence-corrected chi connectivity index (χ3v) is 5.31. The summed E-state index contributed by atoms with van der Waals surface area (Å²) in [5.74, 6) is -0.214. The minimum atomic E-state index is -4.43. The van der Waals surface area contributed by atoms with Gasteiger partial charge in [0.1, 0.15) is 0 Å². The van der Waals surface area contributed by atoms with Crippen LogP contribution in [0.15, 0.2) is 66.0 Å². The molecule has 1 amide bonds. The van der Waals surface area contributed by atoms with Crippen molar-refractivity contribution >= 4 is 16.7 Å². The number of fused-ring (bicyclic) bond motifs is 1. The fourth-order valence-electron chi connectivity index (χ4n) is 3.76. The molecule has 1 atom stereocenters. The summed E-state index contributed by atoms with van der Waals surface area (Å²) >= 11 is 0. The third kappa shape index (κ3) is 3.49. The minimum absolute atomic E-state index is 0.214. The number of amides is 1. The van der Waals surface area contributed by atoms with Crippen LogP contribution in [0.2, 0.25) is 0 Å². The average molecular weight is 413 g/mol. The molecule has 2 heterocycles. The van der Waals surface area contributed by atoms with Crippen LogP contribution in [0.25, 0.3) is 22.0 Å². The number of hydrogen-bond donors (Lipinski definition) is 0. The predicted octanol–water partition coefficient (Wildman–Crippen LogP) is 4.04. The van der Waals surface area contributed by atoms with Crippen LogP contribution < -0.4 is 5.56 Å². The lowest BCUT2D eigenvalue weighted by Gasteiger charge is -2.17. The number of carbonyl (C=O) groups is 1. The Labute approximate surface area is 170 Å². The monoisotopic (exact) mass is 413 g/mol. The Kier molecular flexibility index (Phi) is 4.93. The molecular formula is C22H18F3N3O2. The summed E-state index contributed by atoms with van der Waals surface area (Å²) in [4.78, 5) is 26.6. The normalized spacial score (nSPS) is 16.8. The Morgan fingerprint density at radius 2 is 1.77 bits per heavy atom. The zero-order valence-electron chi connectivity index (χ0n) is 15.9. The van der Waals surface area contributed by atoms with Gasteiger partial charge < -0.3 is 4.90 Å². The van der Waals surface area contributed by atoms with Gasteiger partial charge in [-0.15, -0.1) is 0 Å². The van der Waals surface area contributed by atoms with E-state index in [2.05, 4.69) is 11.7 Å². The van der Waals surface area contributed by atoms with Gasteiger partial charge in [0, 0.05) is 24.0 Å². The van der Waals surface area contributed by atoms with Gasteiger partial charge in [-0.05, 0) is 30.7 Å². The van der Waals surface area contributed by atoms with E-state index in [0.717, 1.165) is 12.1 Å². The molecule has 0 aliphatic carbocycles. The molecule has 8 heteroatoms. The van der Waals surface area contributed by atoms with E-state index in [9.17, 15) is 22.8 Å². The molecule has 1 aliphatic heterocycles. The Morgan fingerprint density at radius 1 is 1.10 bits per heavy atom. The second kappa shape index (κ2) is 7.44. The molecule has 1 unspecified atom stereocenters. The van der Waals surface area contributed by atoms with Crippen molar-refractivity contribution in [2.75, 3.05) is 13.1 Å². The van der Waals surface area contributed by atoms with Crippen LogP contribution >= 0.6 is 0 Å². The number of nitrogens with zero attached hydrogens (tertiary/aromatic N) is 3. The van der Waals surface area contributed by atoms with E-state index in [1.807, 2.05) is 0 Å². The van der Waals surface area contributed by atoms with Crippen LogP contribution in [0.3, 0.4) is 0 Å². The first-order chi connectivity index (χ1) is 14.3. The van der Waals surface area contributed by atoms with E-state index in [-0.39, 0.29) is 17.5 Å². The van der Waals surface area contributed by atoms with E-state index in [4.69, 9.17) is 0 Å². The van der Waals surface area contributed by atoms with Crippen LogP contribution in [0.5, 0.6) is 0 Å². The van der Waals surface area contributed by atoms with Crippen molar-refractivity contribution < 1.29 is 18.0 Å². The molecule has 154 valence electrons. The van der Waals surface area contributed by atoms with E-state index in [1.165, 1.54) is 22.9 Å². The molecule has 1 aliphatic rings. The number of rotatable bonds is 3. The quantitative estimate of drug-likeness (QED) is 0.609. The van der Waals surface area contributed by atoms with Crippen molar-refractivity contribution in [3.8, 4) is 11.3 Å². The van der Waals surface area contributed by atoms with Gasteiger partial charge in [0.2, 0.25) is 5.91 Å². The molecule has 30 heavy (non-hydrogen) atoms. The maximum absolute atomic E-state index is 13.1. The van der Waals surface area contributed by atoms with Gasteiger partial charge in [-0.2, -0.15) is 18.3 Å². The average Bonchev–Trinajstić information content (AvgIpc) is 3.23. The maximum Gasteiger partial charge on any atom is 0.416 e. The molecule has 0 N–H and O–H groups in total. The van der Waals surface area contributed by atoms with E-state index in [1.54, 1.807) is 29.2 Å². The summed E-state index contributed by atoms with van der Waals surface area (Å²) < 4.78 is 40.1. The van der Waals surface area contributed by atoms with Crippen LogP contribution in [-0.4, -0.2) is 33.7 Å². The first-order valence-electron chi connectivity index (χ1n) is 9.40. The number of likely N-dealkylation sites (tertiary alicyclic amines) is 1. The minimum Gasteiger partial charge on any atom is -0.337 e. The fourth-order valence-corrected chi connectivity index (χ4v) is 3.76. The van der Waals surface area contributed by atoms with Gasteiger partial charge in [-0.3, -0.25) is 9.59 Å². The third-order valence-electron chi connectivity index (χ3n) is 5.31. The molecule has 0 saturated carbocycles. The summed E-state index contributed by atoms with van der Waals surface area (Å²) in [7, 11) is 0. The van der Waals surface area contributed by atoms with E-state index >= 15 is 0 Å². The zero-order chi connectivity index (χ0) is 21.5. The highest BCUT2D eigenvalue weighted by molar-refractivity contribution is 5.93. The van der Waals surface area contributed by atoms with Crippen molar-refractivity contribution in [2.24, 2.45) is 0 Å². The number of aromatic nitrogens is 2. The molecule has 1 saturated heterocycles. The van der Waals surface area contributed by atoms with Crippen molar-refractivity contribution in [3.05, 3.63) is 77.1 Å². The van der Waals surface area contributed by atoms with E-state index < -0.39 is 11.7 Å². The maximum atomic E-state index is 13.1. The number of alkyl halides is 3. The second-order valence-corrected chi connectivity index (χ2v) is 7.15. The molecule has 5 nitrogen and oxygen atoms in total. The van der Waals surface area contributed by atoms with Crippen LogP contribution in [0, 0.1) is 0 Å². The summed E-state index contributed by atoms with van der Waals surface area (Å²) in [6.07, 6.45) is -2.65.